The number of nitrogens with zero attached hydrogens (tertiary/aromatic N) is 3. The minimum Gasteiger partial charge on any atom is -0.476 e. The minimum atomic E-state index is -0.569. The maximum Gasteiger partial charge on any atom is 0.362 e. The zero-order valence-electron chi connectivity index (χ0n) is 6.02. The second-order valence-corrected chi connectivity index (χ2v) is 2.80. The number of hydrogen-bond donors (Lipinski definition) is 0. The van der Waals surface area contributed by atoms with Crippen LogP contribution in [0.4, 0.5) is 5.69 Å². The van der Waals surface area contributed by atoms with E-state index in [1.807, 2.05) is 0 Å². The molecule has 0 unspecified atom stereocenters. The standard InChI is InChI=1S/C5H4IN3O3/c1-12-5-3(9(10)11)4(6)7-2-8-5/h2H,1H3. The first kappa shape index (κ1) is 9.10. The Morgan fingerprint density at radius 3 is 2.75 bits per heavy atom. The molecule has 6 nitrogen and oxygen atoms in total. The molecule has 0 bridgehead atoms. The van der Waals surface area contributed by atoms with Gasteiger partial charge >= 0.3 is 5.69 Å². The second-order valence-electron chi connectivity index (χ2n) is 1.78. The molecule has 0 spiro atoms. The Kier molecular flexibility index (Phi) is 2.74. The monoisotopic (exact) mass is 281 g/mol. The minimum absolute atomic E-state index is 0.0144. The van der Waals surface area contributed by atoms with Gasteiger partial charge < -0.3 is 4.74 Å². The summed E-state index contributed by atoms with van der Waals surface area (Å²) in [5.74, 6) is -0.0144. The summed E-state index contributed by atoms with van der Waals surface area (Å²) in [5, 5.41) is 10.4. The average Bonchev–Trinajstić information content (AvgIpc) is 2.03. The summed E-state index contributed by atoms with van der Waals surface area (Å²) >= 11 is 1.75. The summed E-state index contributed by atoms with van der Waals surface area (Å²) in [6.07, 6.45) is 1.22. The van der Waals surface area contributed by atoms with Gasteiger partial charge in [-0.1, -0.05) is 0 Å². The third kappa shape index (κ3) is 1.60. The molecule has 0 saturated heterocycles. The Labute approximate surface area is 81.3 Å². The first-order valence-corrected chi connectivity index (χ1v) is 3.93. The molecule has 0 saturated carbocycles. The summed E-state index contributed by atoms with van der Waals surface area (Å²) in [7, 11) is 1.32. The van der Waals surface area contributed by atoms with E-state index < -0.39 is 4.92 Å². The predicted octanol–water partition coefficient (Wildman–Crippen LogP) is 0.998. The van der Waals surface area contributed by atoms with E-state index in [1.54, 1.807) is 22.6 Å². The van der Waals surface area contributed by atoms with Gasteiger partial charge in [-0.2, -0.15) is 4.98 Å². The van der Waals surface area contributed by atoms with E-state index in [0.29, 0.717) is 0 Å². The average molecular weight is 281 g/mol. The molecule has 0 atom stereocenters. The first-order chi connectivity index (χ1) is 5.66. The van der Waals surface area contributed by atoms with Crippen molar-refractivity contribution < 1.29 is 9.66 Å². The molecule has 12 heavy (non-hydrogen) atoms. The number of ether oxygens (including phenoxy) is 1. The van der Waals surface area contributed by atoms with Crippen LogP contribution in [0.2, 0.25) is 0 Å². The normalized spacial score (nSPS) is 9.50. The Hall–Kier alpha value is -0.990. The number of aromatic nitrogens is 2. The molecule has 0 N–H and O–H groups in total. The number of halogens is 1. The van der Waals surface area contributed by atoms with Crippen molar-refractivity contribution in [3.05, 3.63) is 20.1 Å². The van der Waals surface area contributed by atoms with Gasteiger partial charge in [0.2, 0.25) is 0 Å². The zero-order valence-corrected chi connectivity index (χ0v) is 8.18. The fraction of sp³-hybridized carbons (Fsp3) is 0.200. The molecule has 0 aliphatic rings. The van der Waals surface area contributed by atoms with E-state index in [9.17, 15) is 10.1 Å². The van der Waals surface area contributed by atoms with Crippen molar-refractivity contribution in [3.63, 3.8) is 0 Å². The third-order valence-corrected chi connectivity index (χ3v) is 1.91. The number of nitro groups is 1. The number of hydrogen-bond acceptors (Lipinski definition) is 5. The largest absolute Gasteiger partial charge is 0.476 e. The molecular weight excluding hydrogens is 277 g/mol. The molecular formula is C5H4IN3O3. The van der Waals surface area contributed by atoms with E-state index in [4.69, 9.17) is 0 Å². The molecule has 0 amide bonds. The van der Waals surface area contributed by atoms with Crippen molar-refractivity contribution in [2.45, 2.75) is 0 Å². The summed E-state index contributed by atoms with van der Waals surface area (Å²) in [6.45, 7) is 0. The highest BCUT2D eigenvalue weighted by Gasteiger charge is 2.21. The van der Waals surface area contributed by atoms with Crippen LogP contribution in [0.1, 0.15) is 0 Å². The van der Waals surface area contributed by atoms with Gasteiger partial charge in [0.1, 0.15) is 6.33 Å². The summed E-state index contributed by atoms with van der Waals surface area (Å²) in [4.78, 5) is 17.1. The van der Waals surface area contributed by atoms with Crippen LogP contribution in [0.15, 0.2) is 6.33 Å². The lowest BCUT2D eigenvalue weighted by Gasteiger charge is -1.99. The van der Waals surface area contributed by atoms with Gasteiger partial charge in [-0.05, 0) is 22.6 Å². The van der Waals surface area contributed by atoms with Crippen LogP contribution >= 0.6 is 22.6 Å². The maximum atomic E-state index is 10.4. The summed E-state index contributed by atoms with van der Waals surface area (Å²) < 4.78 is 4.96. The molecule has 1 heterocycles. The molecule has 1 aromatic rings. The highest BCUT2D eigenvalue weighted by atomic mass is 127. The smallest absolute Gasteiger partial charge is 0.362 e. The summed E-state index contributed by atoms with van der Waals surface area (Å²) in [6, 6.07) is 0. The van der Waals surface area contributed by atoms with E-state index in [2.05, 4.69) is 14.7 Å². The van der Waals surface area contributed by atoms with E-state index in [-0.39, 0.29) is 15.3 Å². The fourth-order valence-corrected chi connectivity index (χ4v) is 1.20. The van der Waals surface area contributed by atoms with Gasteiger partial charge in [-0.25, -0.2) is 4.98 Å². The lowest BCUT2D eigenvalue weighted by atomic mass is 10.5. The van der Waals surface area contributed by atoms with E-state index in [0.717, 1.165) is 0 Å². The van der Waals surface area contributed by atoms with Gasteiger partial charge in [0.15, 0.2) is 3.70 Å². The Morgan fingerprint density at radius 2 is 2.33 bits per heavy atom. The van der Waals surface area contributed by atoms with E-state index in [1.165, 1.54) is 13.4 Å². The highest BCUT2D eigenvalue weighted by molar-refractivity contribution is 14.1. The maximum absolute atomic E-state index is 10.4. The first-order valence-electron chi connectivity index (χ1n) is 2.85. The van der Waals surface area contributed by atoms with Crippen molar-refractivity contribution in [3.8, 4) is 5.88 Å². The van der Waals surface area contributed by atoms with Crippen LogP contribution in [-0.2, 0) is 0 Å². The molecule has 1 rings (SSSR count). The Bertz CT molecular complexity index is 317. The van der Waals surface area contributed by atoms with Crippen LogP contribution in [0.3, 0.4) is 0 Å². The number of rotatable bonds is 2. The highest BCUT2D eigenvalue weighted by Crippen LogP contribution is 2.26. The van der Waals surface area contributed by atoms with Gasteiger partial charge in [0, 0.05) is 0 Å². The lowest BCUT2D eigenvalue weighted by molar-refractivity contribution is -0.387. The molecule has 7 heteroatoms. The van der Waals surface area contributed by atoms with Crippen molar-refractivity contribution in [1.82, 2.24) is 9.97 Å². The molecule has 0 fully saturated rings. The van der Waals surface area contributed by atoms with Crippen molar-refractivity contribution in [2.75, 3.05) is 7.11 Å². The molecule has 1 aromatic heterocycles. The quantitative estimate of drug-likeness (QED) is 0.350. The Balaban J connectivity index is 3.29. The van der Waals surface area contributed by atoms with Crippen LogP contribution in [0, 0.1) is 13.8 Å². The van der Waals surface area contributed by atoms with Crippen LogP contribution in [-0.4, -0.2) is 22.0 Å². The van der Waals surface area contributed by atoms with Gasteiger partial charge in [-0.3, -0.25) is 10.1 Å². The van der Waals surface area contributed by atoms with Crippen molar-refractivity contribution >= 4 is 28.3 Å². The molecule has 0 aliphatic carbocycles. The second kappa shape index (κ2) is 3.61. The van der Waals surface area contributed by atoms with Crippen LogP contribution < -0.4 is 4.74 Å². The fourth-order valence-electron chi connectivity index (χ4n) is 0.645. The predicted molar refractivity (Wildman–Crippen MR) is 48.0 cm³/mol. The Morgan fingerprint density at radius 1 is 1.67 bits per heavy atom. The van der Waals surface area contributed by atoms with Crippen molar-refractivity contribution in [1.29, 1.82) is 0 Å². The molecule has 64 valence electrons. The SMILES string of the molecule is COc1ncnc(I)c1[N+](=O)[O-]. The molecule has 0 aromatic carbocycles. The molecule has 0 aliphatic heterocycles. The van der Waals surface area contributed by atoms with Crippen molar-refractivity contribution in [2.24, 2.45) is 0 Å². The molecule has 0 radical (unpaired) electrons. The third-order valence-electron chi connectivity index (χ3n) is 1.12. The lowest BCUT2D eigenvalue weighted by Crippen LogP contribution is -2.00. The van der Waals surface area contributed by atoms with E-state index >= 15 is 0 Å². The van der Waals surface area contributed by atoms with Crippen LogP contribution in [0.5, 0.6) is 5.88 Å². The van der Waals surface area contributed by atoms with Gasteiger partial charge in [0.25, 0.3) is 5.88 Å². The van der Waals surface area contributed by atoms with Gasteiger partial charge in [0.05, 0.1) is 12.0 Å². The zero-order chi connectivity index (χ0) is 9.14. The summed E-state index contributed by atoms with van der Waals surface area (Å²) in [5.41, 5.74) is -0.194. The topological polar surface area (TPSA) is 78.2 Å². The van der Waals surface area contributed by atoms with Gasteiger partial charge in [-0.15, -0.1) is 0 Å². The number of methoxy groups -OCH3 is 1. The van der Waals surface area contributed by atoms with Crippen LogP contribution in [0.25, 0.3) is 0 Å².